The van der Waals surface area contributed by atoms with Crippen LogP contribution in [-0.2, 0) is 13.8 Å². The number of aromatic nitrogens is 1. The van der Waals surface area contributed by atoms with Crippen LogP contribution in [0.2, 0.25) is 0 Å². The zero-order valence-corrected chi connectivity index (χ0v) is 12.0. The molecule has 1 aliphatic rings. The fraction of sp³-hybridized carbons (Fsp3) is 0.583. The van der Waals surface area contributed by atoms with Crippen LogP contribution in [0, 0.1) is 5.41 Å². The summed E-state index contributed by atoms with van der Waals surface area (Å²) in [5, 5.41) is 0. The van der Waals surface area contributed by atoms with Crippen LogP contribution in [0.3, 0.4) is 0 Å². The molecule has 0 saturated carbocycles. The van der Waals surface area contributed by atoms with Crippen LogP contribution in [0.4, 0.5) is 0 Å². The molecule has 0 bridgehead atoms. The number of halogens is 1. The van der Waals surface area contributed by atoms with Crippen LogP contribution in [0.1, 0.15) is 12.8 Å². The van der Waals surface area contributed by atoms with Gasteiger partial charge in [-0.3, -0.25) is 4.98 Å². The van der Waals surface area contributed by atoms with Crippen molar-refractivity contribution in [1.29, 1.82) is 0 Å². The Morgan fingerprint density at radius 2 is 2.16 bits per heavy atom. The van der Waals surface area contributed by atoms with Gasteiger partial charge in [0, 0.05) is 35.5 Å². The average Bonchev–Trinajstić information content (AvgIpc) is 2.37. The maximum atomic E-state index is 11.4. The van der Waals surface area contributed by atoms with Gasteiger partial charge >= 0.3 is 0 Å². The Hall–Kier alpha value is -0.850. The van der Waals surface area contributed by atoms with Crippen molar-refractivity contribution in [2.45, 2.75) is 12.8 Å². The molecule has 0 N–H and O–H groups in total. The monoisotopic (exact) mass is 305 g/mol. The third-order valence-electron chi connectivity index (χ3n) is 3.21. The van der Waals surface area contributed by atoms with Gasteiger partial charge in [-0.05, 0) is 25.0 Å². The first-order chi connectivity index (χ1) is 8.99. The molecule has 1 aromatic rings. The smallest absolute Gasteiger partial charge is 0.233 e. The number of nitrogens with zero attached hydrogens (tertiary/aromatic N) is 1. The van der Waals surface area contributed by atoms with Crippen molar-refractivity contribution in [3.8, 4) is 5.75 Å². The number of rotatable bonds is 5. The summed E-state index contributed by atoms with van der Waals surface area (Å²) in [5.41, 5.74) is -0.478. The van der Waals surface area contributed by atoms with Gasteiger partial charge in [0.25, 0.3) is 0 Å². The van der Waals surface area contributed by atoms with E-state index in [0.717, 1.165) is 0 Å². The van der Waals surface area contributed by atoms with Gasteiger partial charge in [0.05, 0.1) is 18.6 Å². The largest absolute Gasteiger partial charge is 0.491 e. The van der Waals surface area contributed by atoms with Crippen LogP contribution < -0.4 is 4.74 Å². The molecule has 0 aliphatic carbocycles. The summed E-state index contributed by atoms with van der Waals surface area (Å²) >= 11 is 0. The second-order valence-corrected chi connectivity index (χ2v) is 7.55. The molecule has 5 nitrogen and oxygen atoms in total. The van der Waals surface area contributed by atoms with Gasteiger partial charge in [-0.25, -0.2) is 8.42 Å². The molecule has 0 unspecified atom stereocenters. The zero-order chi connectivity index (χ0) is 13.8. The fourth-order valence-electron chi connectivity index (χ4n) is 2.17. The van der Waals surface area contributed by atoms with Crippen LogP contribution in [-0.4, -0.2) is 39.0 Å². The Morgan fingerprint density at radius 1 is 1.42 bits per heavy atom. The van der Waals surface area contributed by atoms with Gasteiger partial charge in [-0.1, -0.05) is 0 Å². The zero-order valence-electron chi connectivity index (χ0n) is 10.4. The highest BCUT2D eigenvalue weighted by molar-refractivity contribution is 8.13. The number of hydrogen-bond acceptors (Lipinski definition) is 5. The standard InChI is InChI=1S/C12H16ClNO4S/c13-19(15,16)10-12(3-6-17-7-4-12)9-18-11-2-1-5-14-8-11/h1-2,5,8H,3-4,6-7,9-10H2. The van der Waals surface area contributed by atoms with Crippen LogP contribution in [0.15, 0.2) is 24.5 Å². The Balaban J connectivity index is 2.05. The van der Waals surface area contributed by atoms with Crippen molar-refractivity contribution in [2.24, 2.45) is 5.41 Å². The third-order valence-corrected chi connectivity index (χ3v) is 4.50. The second kappa shape index (κ2) is 6.07. The summed E-state index contributed by atoms with van der Waals surface area (Å²) in [7, 11) is 1.84. The van der Waals surface area contributed by atoms with E-state index in [0.29, 0.717) is 38.4 Å². The Bertz CT molecular complexity index is 500. The van der Waals surface area contributed by atoms with Crippen molar-refractivity contribution in [2.75, 3.05) is 25.6 Å². The maximum absolute atomic E-state index is 11.4. The van der Waals surface area contributed by atoms with E-state index in [2.05, 4.69) is 4.98 Å². The van der Waals surface area contributed by atoms with Crippen LogP contribution in [0.25, 0.3) is 0 Å². The summed E-state index contributed by atoms with van der Waals surface area (Å²) < 4.78 is 33.7. The summed E-state index contributed by atoms with van der Waals surface area (Å²) in [6.45, 7) is 1.36. The first-order valence-corrected chi connectivity index (χ1v) is 8.50. The minimum absolute atomic E-state index is 0.0921. The van der Waals surface area contributed by atoms with Crippen molar-refractivity contribution in [3.05, 3.63) is 24.5 Å². The lowest BCUT2D eigenvalue weighted by Gasteiger charge is -2.35. The van der Waals surface area contributed by atoms with E-state index < -0.39 is 14.5 Å². The summed E-state index contributed by atoms with van der Waals surface area (Å²) in [4.78, 5) is 3.95. The fourth-order valence-corrected chi connectivity index (χ4v) is 3.97. The van der Waals surface area contributed by atoms with Crippen LogP contribution >= 0.6 is 10.7 Å². The first kappa shape index (κ1) is 14.6. The molecule has 7 heteroatoms. The molecule has 0 spiro atoms. The number of hydrogen-bond donors (Lipinski definition) is 0. The lowest BCUT2D eigenvalue weighted by atomic mass is 9.83. The molecule has 2 heterocycles. The van der Waals surface area contributed by atoms with Gasteiger partial charge in [0.15, 0.2) is 0 Å². The number of ether oxygens (including phenoxy) is 2. The van der Waals surface area contributed by atoms with Crippen molar-refractivity contribution in [1.82, 2.24) is 4.98 Å². The summed E-state index contributed by atoms with van der Waals surface area (Å²) in [6, 6.07) is 3.56. The summed E-state index contributed by atoms with van der Waals surface area (Å²) in [5.74, 6) is 0.533. The molecule has 19 heavy (non-hydrogen) atoms. The molecule has 0 amide bonds. The molecule has 0 aromatic carbocycles. The van der Waals surface area contributed by atoms with Crippen LogP contribution in [0.5, 0.6) is 5.75 Å². The van der Waals surface area contributed by atoms with Crippen molar-refractivity contribution < 1.29 is 17.9 Å². The van der Waals surface area contributed by atoms with E-state index in [9.17, 15) is 8.42 Å². The quantitative estimate of drug-likeness (QED) is 0.776. The van der Waals surface area contributed by atoms with E-state index in [-0.39, 0.29) is 5.75 Å². The van der Waals surface area contributed by atoms with Gasteiger partial charge in [-0.2, -0.15) is 0 Å². The van der Waals surface area contributed by atoms with Gasteiger partial charge in [-0.15, -0.1) is 0 Å². The molecular weight excluding hydrogens is 290 g/mol. The number of pyridine rings is 1. The molecule has 1 saturated heterocycles. The van der Waals surface area contributed by atoms with Gasteiger partial charge in [0.2, 0.25) is 9.05 Å². The molecule has 0 atom stereocenters. The Morgan fingerprint density at radius 3 is 2.74 bits per heavy atom. The highest BCUT2D eigenvalue weighted by Crippen LogP contribution is 2.33. The highest BCUT2D eigenvalue weighted by atomic mass is 35.7. The molecule has 106 valence electrons. The first-order valence-electron chi connectivity index (χ1n) is 6.02. The van der Waals surface area contributed by atoms with Gasteiger partial charge in [0.1, 0.15) is 5.75 Å². The lowest BCUT2D eigenvalue weighted by Crippen LogP contribution is -2.40. The van der Waals surface area contributed by atoms with Crippen molar-refractivity contribution in [3.63, 3.8) is 0 Å². The Labute approximate surface area is 117 Å². The van der Waals surface area contributed by atoms with E-state index in [4.69, 9.17) is 20.2 Å². The van der Waals surface area contributed by atoms with Gasteiger partial charge < -0.3 is 9.47 Å². The summed E-state index contributed by atoms with van der Waals surface area (Å²) in [6.07, 6.45) is 4.50. The van der Waals surface area contributed by atoms with E-state index in [1.807, 2.05) is 0 Å². The normalized spacial score (nSPS) is 19.0. The van der Waals surface area contributed by atoms with E-state index in [1.165, 1.54) is 0 Å². The van der Waals surface area contributed by atoms with E-state index >= 15 is 0 Å². The van der Waals surface area contributed by atoms with Crippen molar-refractivity contribution >= 4 is 19.7 Å². The Kier molecular flexibility index (Phi) is 4.65. The minimum atomic E-state index is -3.57. The second-order valence-electron chi connectivity index (χ2n) is 4.77. The average molecular weight is 306 g/mol. The highest BCUT2D eigenvalue weighted by Gasteiger charge is 2.37. The molecule has 1 aliphatic heterocycles. The third kappa shape index (κ3) is 4.63. The molecular formula is C12H16ClNO4S. The lowest BCUT2D eigenvalue weighted by molar-refractivity contribution is 0.00222. The molecule has 0 radical (unpaired) electrons. The predicted molar refractivity (Wildman–Crippen MR) is 71.9 cm³/mol. The maximum Gasteiger partial charge on any atom is 0.233 e. The van der Waals surface area contributed by atoms with E-state index in [1.54, 1.807) is 24.5 Å². The molecule has 1 aromatic heterocycles. The molecule has 2 rings (SSSR count). The minimum Gasteiger partial charge on any atom is -0.491 e. The predicted octanol–water partition coefficient (Wildman–Crippen LogP) is 1.83. The molecule has 1 fully saturated rings. The topological polar surface area (TPSA) is 65.5 Å². The SMILES string of the molecule is O=S(=O)(Cl)CC1(COc2cccnc2)CCOCC1.